The van der Waals surface area contributed by atoms with E-state index in [1.807, 2.05) is 45.0 Å². The summed E-state index contributed by atoms with van der Waals surface area (Å²) in [5.74, 6) is 0.249. The van der Waals surface area contributed by atoms with Gasteiger partial charge in [0, 0.05) is 57.1 Å². The summed E-state index contributed by atoms with van der Waals surface area (Å²) in [6.45, 7) is 5.77. The summed E-state index contributed by atoms with van der Waals surface area (Å²) >= 11 is 0. The molecule has 0 radical (unpaired) electrons. The Hall–Kier alpha value is -2.93. The third-order valence-electron chi connectivity index (χ3n) is 6.26. The van der Waals surface area contributed by atoms with Crippen LogP contribution in [-0.4, -0.2) is 82.1 Å². The number of hydrogen-bond acceptors (Lipinski definition) is 4. The van der Waals surface area contributed by atoms with Gasteiger partial charge in [0.25, 0.3) is 0 Å². The van der Waals surface area contributed by atoms with Crippen molar-refractivity contribution >= 4 is 17.9 Å². The molecule has 0 N–H and O–H groups in total. The molecule has 0 aliphatic carbocycles. The molecule has 2 aliphatic heterocycles. The van der Waals surface area contributed by atoms with Gasteiger partial charge in [-0.15, -0.1) is 0 Å². The predicted molar refractivity (Wildman–Crippen MR) is 125 cm³/mol. The van der Waals surface area contributed by atoms with Crippen molar-refractivity contribution in [1.29, 1.82) is 0 Å². The topological polar surface area (TPSA) is 61.7 Å². The van der Waals surface area contributed by atoms with Crippen molar-refractivity contribution in [3.05, 3.63) is 59.9 Å². The Morgan fingerprint density at radius 1 is 0.875 bits per heavy atom. The highest BCUT2D eigenvalue weighted by atomic mass is 16.2. The second kappa shape index (κ2) is 11.1. The highest BCUT2D eigenvalue weighted by Gasteiger charge is 2.23. The molecule has 0 unspecified atom stereocenters. The first-order valence-electron chi connectivity index (χ1n) is 11.7. The molecular formula is C25H33N5O2. The van der Waals surface area contributed by atoms with Crippen molar-refractivity contribution in [2.75, 3.05) is 45.8 Å². The van der Waals surface area contributed by atoms with Gasteiger partial charge in [-0.3, -0.25) is 19.2 Å². The molecular weight excluding hydrogens is 402 g/mol. The van der Waals surface area contributed by atoms with Crippen LogP contribution in [-0.2, 0) is 16.1 Å². The average molecular weight is 436 g/mol. The van der Waals surface area contributed by atoms with Crippen LogP contribution in [0.5, 0.6) is 0 Å². The molecule has 2 saturated heterocycles. The van der Waals surface area contributed by atoms with Gasteiger partial charge in [0.1, 0.15) is 0 Å². The smallest absolute Gasteiger partial charge is 0.246 e. The lowest BCUT2D eigenvalue weighted by Crippen LogP contribution is -2.51. The van der Waals surface area contributed by atoms with Crippen LogP contribution in [0.1, 0.15) is 36.8 Å². The van der Waals surface area contributed by atoms with Crippen molar-refractivity contribution in [2.24, 2.45) is 0 Å². The van der Waals surface area contributed by atoms with Crippen LogP contribution in [0.4, 0.5) is 0 Å². The number of hydrogen-bond donors (Lipinski definition) is 0. The van der Waals surface area contributed by atoms with E-state index in [0.717, 1.165) is 44.6 Å². The largest absolute Gasteiger partial charge is 0.342 e. The van der Waals surface area contributed by atoms with Crippen LogP contribution in [0.3, 0.4) is 0 Å². The van der Waals surface area contributed by atoms with E-state index in [9.17, 15) is 9.59 Å². The maximum absolute atomic E-state index is 12.6. The van der Waals surface area contributed by atoms with Gasteiger partial charge in [-0.2, -0.15) is 5.10 Å². The second-order valence-electron chi connectivity index (χ2n) is 8.69. The maximum atomic E-state index is 12.6. The van der Waals surface area contributed by atoms with Crippen LogP contribution in [0.15, 0.2) is 48.8 Å². The number of carbonyl (C=O) groups excluding carboxylic acids is 2. The standard InChI is InChI=1S/C25H33N5O2/c31-24(11-10-23-18-26-30(20-23)19-22-8-4-3-5-9-22)29-16-14-27(15-17-29)21-25(32)28-12-6-1-2-7-13-28/h3-5,8-11,18,20H,1-2,6-7,12-17,19,21H2. The Morgan fingerprint density at radius 2 is 1.59 bits per heavy atom. The van der Waals surface area contributed by atoms with Gasteiger partial charge in [0.2, 0.25) is 11.8 Å². The van der Waals surface area contributed by atoms with Crippen LogP contribution in [0.2, 0.25) is 0 Å². The van der Waals surface area contributed by atoms with Crippen LogP contribution < -0.4 is 0 Å². The van der Waals surface area contributed by atoms with Crippen molar-refractivity contribution in [3.63, 3.8) is 0 Å². The molecule has 3 heterocycles. The third kappa shape index (κ3) is 6.29. The fourth-order valence-electron chi connectivity index (χ4n) is 4.33. The molecule has 32 heavy (non-hydrogen) atoms. The lowest BCUT2D eigenvalue weighted by atomic mass is 10.2. The summed E-state index contributed by atoms with van der Waals surface area (Å²) in [5, 5.41) is 4.38. The molecule has 2 aromatic rings. The Kier molecular flexibility index (Phi) is 7.72. The van der Waals surface area contributed by atoms with Crippen molar-refractivity contribution in [1.82, 2.24) is 24.5 Å². The lowest BCUT2D eigenvalue weighted by Gasteiger charge is -2.34. The van der Waals surface area contributed by atoms with Crippen molar-refractivity contribution < 1.29 is 9.59 Å². The molecule has 4 rings (SSSR count). The fraction of sp³-hybridized carbons (Fsp3) is 0.480. The Bertz CT molecular complexity index is 907. The van der Waals surface area contributed by atoms with Gasteiger partial charge in [0.05, 0.1) is 19.3 Å². The summed E-state index contributed by atoms with van der Waals surface area (Å²) < 4.78 is 1.87. The first-order valence-corrected chi connectivity index (χ1v) is 11.7. The van der Waals surface area contributed by atoms with Crippen molar-refractivity contribution in [3.8, 4) is 0 Å². The second-order valence-corrected chi connectivity index (χ2v) is 8.69. The monoisotopic (exact) mass is 435 g/mol. The summed E-state index contributed by atoms with van der Waals surface area (Å²) in [5.41, 5.74) is 2.10. The number of likely N-dealkylation sites (tertiary alicyclic amines) is 1. The zero-order chi connectivity index (χ0) is 22.2. The highest BCUT2D eigenvalue weighted by molar-refractivity contribution is 5.91. The van der Waals surface area contributed by atoms with Crippen molar-refractivity contribution in [2.45, 2.75) is 32.2 Å². The quantitative estimate of drug-likeness (QED) is 0.654. The van der Waals surface area contributed by atoms with Gasteiger partial charge in [-0.1, -0.05) is 43.2 Å². The number of nitrogens with zero attached hydrogens (tertiary/aromatic N) is 5. The SMILES string of the molecule is O=C(C=Cc1cnn(Cc2ccccc2)c1)N1CCN(CC(=O)N2CCCCCC2)CC1. The maximum Gasteiger partial charge on any atom is 0.246 e. The van der Waals surface area contributed by atoms with Crippen LogP contribution >= 0.6 is 0 Å². The van der Waals surface area contributed by atoms with E-state index in [4.69, 9.17) is 0 Å². The Balaban J connectivity index is 1.21. The summed E-state index contributed by atoms with van der Waals surface area (Å²) in [6.07, 6.45) is 11.9. The molecule has 1 aromatic carbocycles. The van der Waals surface area contributed by atoms with Gasteiger partial charge >= 0.3 is 0 Å². The van der Waals surface area contributed by atoms with Crippen LogP contribution in [0, 0.1) is 0 Å². The Labute approximate surface area is 190 Å². The molecule has 7 nitrogen and oxygen atoms in total. The molecule has 2 fully saturated rings. The van der Waals surface area contributed by atoms with Crippen LogP contribution in [0.25, 0.3) is 6.08 Å². The summed E-state index contributed by atoms with van der Waals surface area (Å²) in [7, 11) is 0. The summed E-state index contributed by atoms with van der Waals surface area (Å²) in [4.78, 5) is 31.3. The molecule has 7 heteroatoms. The van der Waals surface area contributed by atoms with E-state index >= 15 is 0 Å². The van der Waals surface area contributed by atoms with Gasteiger partial charge in [-0.05, 0) is 24.5 Å². The van der Waals surface area contributed by atoms with E-state index in [1.165, 1.54) is 18.4 Å². The number of benzene rings is 1. The van der Waals surface area contributed by atoms with Gasteiger partial charge in [-0.25, -0.2) is 0 Å². The van der Waals surface area contributed by atoms with E-state index in [0.29, 0.717) is 26.2 Å². The summed E-state index contributed by atoms with van der Waals surface area (Å²) in [6, 6.07) is 10.2. The third-order valence-corrected chi connectivity index (χ3v) is 6.26. The Morgan fingerprint density at radius 3 is 2.31 bits per heavy atom. The number of carbonyl (C=O) groups is 2. The lowest BCUT2D eigenvalue weighted by molar-refractivity contribution is -0.133. The average Bonchev–Trinajstić information content (AvgIpc) is 3.08. The zero-order valence-electron chi connectivity index (χ0n) is 18.7. The molecule has 2 amide bonds. The number of rotatable bonds is 6. The normalized spacial score (nSPS) is 18.1. The molecule has 0 saturated carbocycles. The molecule has 170 valence electrons. The molecule has 0 atom stereocenters. The highest BCUT2D eigenvalue weighted by Crippen LogP contribution is 2.11. The molecule has 2 aliphatic rings. The minimum Gasteiger partial charge on any atom is -0.342 e. The van der Waals surface area contributed by atoms with Gasteiger partial charge < -0.3 is 9.80 Å². The molecule has 1 aromatic heterocycles. The van der Waals surface area contributed by atoms with E-state index in [1.54, 1.807) is 12.3 Å². The van der Waals surface area contributed by atoms with E-state index < -0.39 is 0 Å². The van der Waals surface area contributed by atoms with E-state index in [-0.39, 0.29) is 11.8 Å². The van der Waals surface area contributed by atoms with E-state index in [2.05, 4.69) is 22.1 Å². The first-order chi connectivity index (χ1) is 15.7. The minimum absolute atomic E-state index is 0.0132. The number of aromatic nitrogens is 2. The number of amides is 2. The minimum atomic E-state index is 0.0132. The molecule has 0 bridgehead atoms. The number of piperazine rings is 1. The zero-order valence-corrected chi connectivity index (χ0v) is 18.7. The van der Waals surface area contributed by atoms with Gasteiger partial charge in [0.15, 0.2) is 0 Å². The first kappa shape index (κ1) is 22.3. The fourth-order valence-corrected chi connectivity index (χ4v) is 4.33. The molecule has 0 spiro atoms. The predicted octanol–water partition coefficient (Wildman–Crippen LogP) is 2.49.